The van der Waals surface area contributed by atoms with E-state index in [1.54, 1.807) is 4.52 Å². The lowest BCUT2D eigenvalue weighted by Crippen LogP contribution is -2.19. The highest BCUT2D eigenvalue weighted by Crippen LogP contribution is 2.19. The SMILES string of the molecule is Cc1cc(C)n2nc(CCc3cncc(N4CCCC4)n3)nc2n1.Cc1ncc(C)n2nc(CCc3cccc(N4CCCC4)n3)nc12. The number of aryl methyl sites for hydroxylation is 8. The number of hydrogen-bond acceptors (Lipinski definition) is 11. The molecule has 13 heteroatoms. The van der Waals surface area contributed by atoms with Gasteiger partial charge in [0.2, 0.25) is 0 Å². The molecule has 248 valence electrons. The van der Waals surface area contributed by atoms with Crippen LogP contribution >= 0.6 is 0 Å². The molecule has 2 aliphatic rings. The topological polar surface area (TPSA) is 131 Å². The minimum absolute atomic E-state index is 0.666. The Morgan fingerprint density at radius 3 is 2.02 bits per heavy atom. The average Bonchev–Trinajstić information content (AvgIpc) is 3.93. The van der Waals surface area contributed by atoms with E-state index in [2.05, 4.69) is 63.1 Å². The second-order valence-corrected chi connectivity index (χ2v) is 12.8. The maximum Gasteiger partial charge on any atom is 0.252 e. The van der Waals surface area contributed by atoms with Gasteiger partial charge in [0, 0.05) is 68.5 Å². The van der Waals surface area contributed by atoms with Crippen molar-refractivity contribution in [1.29, 1.82) is 0 Å². The van der Waals surface area contributed by atoms with Gasteiger partial charge in [-0.2, -0.15) is 10.1 Å². The molecule has 0 saturated carbocycles. The van der Waals surface area contributed by atoms with Gasteiger partial charge in [-0.05, 0) is 84.4 Å². The van der Waals surface area contributed by atoms with Gasteiger partial charge in [0.05, 0.1) is 23.3 Å². The van der Waals surface area contributed by atoms with E-state index in [4.69, 9.17) is 9.97 Å². The molecule has 8 rings (SSSR count). The van der Waals surface area contributed by atoms with Crippen molar-refractivity contribution in [3.05, 3.63) is 88.7 Å². The summed E-state index contributed by atoms with van der Waals surface area (Å²) in [6.07, 6.45) is 13.7. The third kappa shape index (κ3) is 7.09. The van der Waals surface area contributed by atoms with Gasteiger partial charge in [-0.1, -0.05) is 6.07 Å². The van der Waals surface area contributed by atoms with Gasteiger partial charge in [0.25, 0.3) is 5.78 Å². The highest BCUT2D eigenvalue weighted by Gasteiger charge is 2.16. The summed E-state index contributed by atoms with van der Waals surface area (Å²) in [6, 6.07) is 8.31. The van der Waals surface area contributed by atoms with Crippen LogP contribution in [0.4, 0.5) is 11.6 Å². The van der Waals surface area contributed by atoms with E-state index in [1.165, 1.54) is 25.7 Å². The van der Waals surface area contributed by atoms with Crippen molar-refractivity contribution in [3.8, 4) is 0 Å². The smallest absolute Gasteiger partial charge is 0.252 e. The van der Waals surface area contributed by atoms with Crippen LogP contribution in [0.25, 0.3) is 11.4 Å². The van der Waals surface area contributed by atoms with Crippen LogP contribution in [0.1, 0.15) is 71.5 Å². The zero-order valence-electron chi connectivity index (χ0n) is 28.3. The van der Waals surface area contributed by atoms with Crippen molar-refractivity contribution in [1.82, 2.24) is 54.1 Å². The Balaban J connectivity index is 0.000000152. The van der Waals surface area contributed by atoms with E-state index in [0.717, 1.165) is 115 Å². The van der Waals surface area contributed by atoms with Crippen molar-refractivity contribution < 1.29 is 0 Å². The van der Waals surface area contributed by atoms with Gasteiger partial charge in [-0.3, -0.25) is 9.97 Å². The predicted octanol–water partition coefficient (Wildman–Crippen LogP) is 4.44. The van der Waals surface area contributed by atoms with Crippen molar-refractivity contribution in [2.45, 2.75) is 79.1 Å². The number of anilines is 2. The van der Waals surface area contributed by atoms with Crippen LogP contribution in [-0.2, 0) is 25.7 Å². The summed E-state index contributed by atoms with van der Waals surface area (Å²) in [5.41, 5.74) is 6.86. The molecule has 13 nitrogen and oxygen atoms in total. The fourth-order valence-electron chi connectivity index (χ4n) is 6.38. The monoisotopic (exact) mass is 645 g/mol. The highest BCUT2D eigenvalue weighted by atomic mass is 15.3. The molecular formula is C35H43N13. The van der Waals surface area contributed by atoms with Gasteiger partial charge in [0.15, 0.2) is 17.3 Å². The van der Waals surface area contributed by atoms with Crippen LogP contribution in [-0.4, -0.2) is 80.3 Å². The van der Waals surface area contributed by atoms with Crippen molar-refractivity contribution in [2.24, 2.45) is 0 Å². The first kappa shape index (κ1) is 31.5. The Bertz CT molecular complexity index is 1980. The number of nitrogens with zero attached hydrogens (tertiary/aromatic N) is 13. The van der Waals surface area contributed by atoms with E-state index in [1.807, 2.05) is 56.9 Å². The Labute approximate surface area is 280 Å². The second kappa shape index (κ2) is 14.0. The first-order valence-corrected chi connectivity index (χ1v) is 17.0. The molecule has 2 aliphatic heterocycles. The molecule has 48 heavy (non-hydrogen) atoms. The van der Waals surface area contributed by atoms with Crippen LogP contribution in [0.2, 0.25) is 0 Å². The quantitative estimate of drug-likeness (QED) is 0.233. The zero-order chi connectivity index (χ0) is 33.0. The average molecular weight is 646 g/mol. The lowest BCUT2D eigenvalue weighted by atomic mass is 10.2. The molecule has 0 N–H and O–H groups in total. The van der Waals surface area contributed by atoms with E-state index >= 15 is 0 Å². The molecule has 0 radical (unpaired) electrons. The Morgan fingerprint density at radius 2 is 1.27 bits per heavy atom. The standard InChI is InChI=1S/C18H22N6.C17H21N7/c1-13-12-19-14(2)18-21-16(22-24(13)18)9-8-15-6-5-7-17(20-15)23-10-3-4-11-23;1-12-9-13(2)24-17(19-12)21-15(22-24)6-5-14-10-18-11-16(20-14)23-7-3-4-8-23/h5-7,12H,3-4,8-11H2,1-2H3;9-11H,3-8H2,1-2H3. The van der Waals surface area contributed by atoms with Gasteiger partial charge in [-0.15, -0.1) is 5.10 Å². The van der Waals surface area contributed by atoms with Crippen molar-refractivity contribution in [3.63, 3.8) is 0 Å². The Kier molecular flexibility index (Phi) is 9.17. The molecule has 6 aromatic rings. The van der Waals surface area contributed by atoms with E-state index < -0.39 is 0 Å². The van der Waals surface area contributed by atoms with Crippen LogP contribution in [0.15, 0.2) is 42.9 Å². The molecule has 0 aromatic carbocycles. The summed E-state index contributed by atoms with van der Waals surface area (Å²) < 4.78 is 3.68. The molecule has 6 aromatic heterocycles. The van der Waals surface area contributed by atoms with E-state index in [0.29, 0.717) is 5.78 Å². The lowest BCUT2D eigenvalue weighted by molar-refractivity contribution is 0.798. The summed E-state index contributed by atoms with van der Waals surface area (Å²) >= 11 is 0. The first-order chi connectivity index (χ1) is 23.4. The Hall–Kier alpha value is -5.07. The summed E-state index contributed by atoms with van der Waals surface area (Å²) in [5.74, 6) is 4.40. The fraction of sp³-hybridized carbons (Fsp3) is 0.457. The molecule has 0 bridgehead atoms. The van der Waals surface area contributed by atoms with Gasteiger partial charge in [0.1, 0.15) is 11.6 Å². The maximum atomic E-state index is 4.81. The number of hydrogen-bond donors (Lipinski definition) is 0. The van der Waals surface area contributed by atoms with E-state index in [-0.39, 0.29) is 0 Å². The maximum absolute atomic E-state index is 4.81. The summed E-state index contributed by atoms with van der Waals surface area (Å²) in [5, 5.41) is 9.17. The molecular weight excluding hydrogens is 602 g/mol. The molecule has 0 aliphatic carbocycles. The summed E-state index contributed by atoms with van der Waals surface area (Å²) in [7, 11) is 0. The normalized spacial score (nSPS) is 14.7. The number of fused-ring (bicyclic) bond motifs is 2. The Morgan fingerprint density at radius 1 is 0.604 bits per heavy atom. The number of aromatic nitrogens is 11. The van der Waals surface area contributed by atoms with Crippen LogP contribution in [0, 0.1) is 27.7 Å². The minimum Gasteiger partial charge on any atom is -0.357 e. The van der Waals surface area contributed by atoms with Crippen molar-refractivity contribution >= 4 is 23.1 Å². The molecule has 0 amide bonds. The number of rotatable bonds is 8. The molecule has 8 heterocycles. The fourth-order valence-corrected chi connectivity index (χ4v) is 6.38. The lowest BCUT2D eigenvalue weighted by Gasteiger charge is -2.16. The van der Waals surface area contributed by atoms with Crippen molar-refractivity contribution in [2.75, 3.05) is 36.0 Å². The third-order valence-electron chi connectivity index (χ3n) is 8.95. The van der Waals surface area contributed by atoms with Gasteiger partial charge in [-0.25, -0.2) is 29.0 Å². The van der Waals surface area contributed by atoms with Crippen LogP contribution in [0.5, 0.6) is 0 Å². The molecule has 0 unspecified atom stereocenters. The minimum atomic E-state index is 0.666. The first-order valence-electron chi connectivity index (χ1n) is 17.0. The molecule has 2 fully saturated rings. The highest BCUT2D eigenvalue weighted by molar-refractivity contribution is 5.43. The third-order valence-corrected chi connectivity index (χ3v) is 8.95. The molecule has 0 atom stereocenters. The predicted molar refractivity (Wildman–Crippen MR) is 184 cm³/mol. The van der Waals surface area contributed by atoms with Gasteiger partial charge >= 0.3 is 0 Å². The summed E-state index contributed by atoms with van der Waals surface area (Å²) in [4.78, 5) is 36.5. The zero-order valence-corrected chi connectivity index (χ0v) is 28.3. The van der Waals surface area contributed by atoms with Gasteiger partial charge < -0.3 is 9.80 Å². The molecule has 0 spiro atoms. The van der Waals surface area contributed by atoms with Crippen LogP contribution in [0.3, 0.4) is 0 Å². The van der Waals surface area contributed by atoms with Crippen LogP contribution < -0.4 is 9.80 Å². The van der Waals surface area contributed by atoms with E-state index in [9.17, 15) is 0 Å². The second-order valence-electron chi connectivity index (χ2n) is 12.8. The largest absolute Gasteiger partial charge is 0.357 e. The summed E-state index contributed by atoms with van der Waals surface area (Å²) in [6.45, 7) is 12.4. The number of pyridine rings is 1. The molecule has 2 saturated heterocycles.